The normalized spacial score (nSPS) is 13.5. The highest BCUT2D eigenvalue weighted by molar-refractivity contribution is 6.03. The van der Waals surface area contributed by atoms with Crippen LogP contribution in [0.15, 0.2) is 42.6 Å². The molecule has 0 saturated carbocycles. The van der Waals surface area contributed by atoms with Crippen LogP contribution in [0.3, 0.4) is 0 Å². The van der Waals surface area contributed by atoms with E-state index in [0.29, 0.717) is 22.8 Å². The summed E-state index contributed by atoms with van der Waals surface area (Å²) in [6.45, 7) is 1.84. The maximum atomic E-state index is 12.6. The topological polar surface area (TPSA) is 68.7 Å². The van der Waals surface area contributed by atoms with E-state index in [1.54, 1.807) is 56.6 Å². The molecule has 1 unspecified atom stereocenters. The maximum absolute atomic E-state index is 12.6. The van der Waals surface area contributed by atoms with Gasteiger partial charge in [0.1, 0.15) is 5.69 Å². The summed E-state index contributed by atoms with van der Waals surface area (Å²) in [5, 5.41) is 0. The largest absolute Gasteiger partial charge is 0.454 e. The van der Waals surface area contributed by atoms with Crippen LogP contribution in [0.4, 0.5) is 0 Å². The second kappa shape index (κ2) is 6.08. The van der Waals surface area contributed by atoms with Crippen LogP contribution >= 0.6 is 0 Å². The van der Waals surface area contributed by atoms with E-state index in [4.69, 9.17) is 9.47 Å². The van der Waals surface area contributed by atoms with Crippen molar-refractivity contribution in [2.24, 2.45) is 0 Å². The number of hydrogen-bond acceptors (Lipinski definition) is 5. The molecular weight excluding hydrogens is 296 g/mol. The predicted octanol–water partition coefficient (Wildman–Crippen LogP) is 2.15. The van der Waals surface area contributed by atoms with Crippen LogP contribution < -0.4 is 9.47 Å². The van der Waals surface area contributed by atoms with E-state index >= 15 is 0 Å². The van der Waals surface area contributed by atoms with Gasteiger partial charge in [0.2, 0.25) is 6.79 Å². The zero-order valence-corrected chi connectivity index (χ0v) is 12.9. The van der Waals surface area contributed by atoms with Gasteiger partial charge in [-0.25, -0.2) is 0 Å². The molecule has 0 bridgehead atoms. The fourth-order valence-corrected chi connectivity index (χ4v) is 2.31. The smallest absolute Gasteiger partial charge is 0.272 e. The monoisotopic (exact) mass is 312 g/mol. The number of aromatic nitrogens is 1. The lowest BCUT2D eigenvalue weighted by molar-refractivity contribution is 0.0670. The van der Waals surface area contributed by atoms with Gasteiger partial charge in [0.25, 0.3) is 5.91 Å². The van der Waals surface area contributed by atoms with E-state index in [1.165, 1.54) is 4.90 Å². The fourth-order valence-electron chi connectivity index (χ4n) is 2.31. The third-order valence-electron chi connectivity index (χ3n) is 3.82. The molecule has 1 aromatic carbocycles. The van der Waals surface area contributed by atoms with E-state index in [1.807, 2.05) is 0 Å². The number of benzene rings is 1. The SMILES string of the molecule is CC(C(=O)c1ccc2c(c1)OCO2)N(C)C(=O)c1ccccn1. The highest BCUT2D eigenvalue weighted by atomic mass is 16.7. The average Bonchev–Trinajstić information content (AvgIpc) is 3.07. The first kappa shape index (κ1) is 15.0. The lowest BCUT2D eigenvalue weighted by atomic mass is 10.0. The first-order valence-corrected chi connectivity index (χ1v) is 7.20. The number of hydrogen-bond donors (Lipinski definition) is 0. The highest BCUT2D eigenvalue weighted by Gasteiger charge is 2.26. The lowest BCUT2D eigenvalue weighted by Crippen LogP contribution is -2.40. The van der Waals surface area contributed by atoms with Crippen molar-refractivity contribution in [3.63, 3.8) is 0 Å². The molecule has 1 aromatic heterocycles. The molecule has 23 heavy (non-hydrogen) atoms. The number of ketones is 1. The average molecular weight is 312 g/mol. The second-order valence-electron chi connectivity index (χ2n) is 5.24. The zero-order chi connectivity index (χ0) is 16.4. The number of rotatable bonds is 4. The molecule has 0 N–H and O–H groups in total. The minimum absolute atomic E-state index is 0.153. The number of carbonyl (C=O) groups is 2. The van der Waals surface area contributed by atoms with Gasteiger partial charge in [-0.2, -0.15) is 0 Å². The van der Waals surface area contributed by atoms with Gasteiger partial charge in [-0.15, -0.1) is 0 Å². The van der Waals surface area contributed by atoms with E-state index < -0.39 is 6.04 Å². The molecule has 0 aliphatic carbocycles. The number of nitrogens with zero attached hydrogens (tertiary/aromatic N) is 2. The summed E-state index contributed by atoms with van der Waals surface area (Å²) >= 11 is 0. The van der Waals surface area contributed by atoms with E-state index in [-0.39, 0.29) is 18.5 Å². The molecule has 118 valence electrons. The minimum atomic E-state index is -0.620. The number of Topliss-reactive ketones (excluding diaryl/α,β-unsaturated/α-hetero) is 1. The Balaban J connectivity index is 1.78. The molecule has 0 radical (unpaired) electrons. The number of pyridine rings is 1. The van der Waals surface area contributed by atoms with Crippen molar-refractivity contribution >= 4 is 11.7 Å². The number of ether oxygens (including phenoxy) is 2. The Bertz CT molecular complexity index is 746. The maximum Gasteiger partial charge on any atom is 0.272 e. The molecule has 1 atom stereocenters. The molecule has 0 spiro atoms. The summed E-state index contributed by atoms with van der Waals surface area (Å²) in [7, 11) is 1.59. The van der Waals surface area contributed by atoms with Gasteiger partial charge >= 0.3 is 0 Å². The molecule has 1 aliphatic rings. The molecule has 6 heteroatoms. The van der Waals surface area contributed by atoms with Gasteiger partial charge in [0.15, 0.2) is 17.3 Å². The summed E-state index contributed by atoms with van der Waals surface area (Å²) in [6.07, 6.45) is 1.55. The number of fused-ring (bicyclic) bond motifs is 1. The quantitative estimate of drug-likeness (QED) is 0.809. The van der Waals surface area contributed by atoms with Crippen LogP contribution in [0, 0.1) is 0 Å². The fraction of sp³-hybridized carbons (Fsp3) is 0.235. The lowest BCUT2D eigenvalue weighted by Gasteiger charge is -2.23. The Hall–Kier alpha value is -2.89. The number of carbonyl (C=O) groups excluding carboxylic acids is 2. The molecule has 2 heterocycles. The summed E-state index contributed by atoms with van der Waals surface area (Å²) in [4.78, 5) is 30.4. The van der Waals surface area contributed by atoms with Gasteiger partial charge in [0.05, 0.1) is 6.04 Å². The third kappa shape index (κ3) is 2.88. The summed E-state index contributed by atoms with van der Waals surface area (Å²) in [6, 6.07) is 9.48. The summed E-state index contributed by atoms with van der Waals surface area (Å²) in [5.41, 5.74) is 0.780. The Kier molecular flexibility index (Phi) is 3.97. The van der Waals surface area contributed by atoms with Crippen molar-refractivity contribution in [1.29, 1.82) is 0 Å². The van der Waals surface area contributed by atoms with Crippen molar-refractivity contribution in [3.8, 4) is 11.5 Å². The van der Waals surface area contributed by atoms with Crippen LogP contribution in [0.25, 0.3) is 0 Å². The van der Waals surface area contributed by atoms with Crippen LogP contribution in [-0.4, -0.2) is 41.5 Å². The van der Waals surface area contributed by atoms with Crippen molar-refractivity contribution < 1.29 is 19.1 Å². The Morgan fingerprint density at radius 1 is 1.17 bits per heavy atom. The van der Waals surface area contributed by atoms with Gasteiger partial charge in [-0.1, -0.05) is 6.07 Å². The van der Waals surface area contributed by atoms with E-state index in [2.05, 4.69) is 4.98 Å². The molecule has 6 nitrogen and oxygen atoms in total. The van der Waals surface area contributed by atoms with Gasteiger partial charge in [-0.05, 0) is 37.3 Å². The van der Waals surface area contributed by atoms with Crippen molar-refractivity contribution in [2.45, 2.75) is 13.0 Å². The molecule has 1 aliphatic heterocycles. The third-order valence-corrected chi connectivity index (χ3v) is 3.82. The Labute approximate surface area is 133 Å². The minimum Gasteiger partial charge on any atom is -0.454 e. The van der Waals surface area contributed by atoms with E-state index in [0.717, 1.165) is 0 Å². The van der Waals surface area contributed by atoms with Crippen molar-refractivity contribution in [3.05, 3.63) is 53.9 Å². The highest BCUT2D eigenvalue weighted by Crippen LogP contribution is 2.33. The zero-order valence-electron chi connectivity index (χ0n) is 12.9. The summed E-state index contributed by atoms with van der Waals surface area (Å²) in [5.74, 6) is 0.691. The first-order valence-electron chi connectivity index (χ1n) is 7.20. The Morgan fingerprint density at radius 3 is 2.70 bits per heavy atom. The van der Waals surface area contributed by atoms with Crippen molar-refractivity contribution in [1.82, 2.24) is 9.88 Å². The van der Waals surface area contributed by atoms with Crippen LogP contribution in [0.2, 0.25) is 0 Å². The van der Waals surface area contributed by atoms with Gasteiger partial charge in [0, 0.05) is 18.8 Å². The van der Waals surface area contributed by atoms with Gasteiger partial charge < -0.3 is 14.4 Å². The number of amides is 1. The van der Waals surface area contributed by atoms with Crippen molar-refractivity contribution in [2.75, 3.05) is 13.8 Å². The second-order valence-corrected chi connectivity index (χ2v) is 5.24. The van der Waals surface area contributed by atoms with Gasteiger partial charge in [-0.3, -0.25) is 14.6 Å². The summed E-state index contributed by atoms with van der Waals surface area (Å²) < 4.78 is 10.5. The first-order chi connectivity index (χ1) is 11.1. The van der Waals surface area contributed by atoms with Crippen LogP contribution in [0.5, 0.6) is 11.5 Å². The standard InChI is InChI=1S/C17H16N2O4/c1-11(19(2)17(21)13-5-3-4-8-18-13)16(20)12-6-7-14-15(9-12)23-10-22-14/h3-9,11H,10H2,1-2H3. The molecule has 2 aromatic rings. The molecule has 0 fully saturated rings. The molecule has 3 rings (SSSR count). The molecule has 1 amide bonds. The van der Waals surface area contributed by atoms with Crippen LogP contribution in [-0.2, 0) is 0 Å². The Morgan fingerprint density at radius 2 is 1.96 bits per heavy atom. The predicted molar refractivity (Wildman–Crippen MR) is 82.7 cm³/mol. The van der Waals surface area contributed by atoms with Crippen LogP contribution in [0.1, 0.15) is 27.8 Å². The molecule has 0 saturated heterocycles. The number of likely N-dealkylation sites (N-methyl/N-ethyl adjacent to an activating group) is 1. The van der Waals surface area contributed by atoms with E-state index in [9.17, 15) is 9.59 Å². The molecular formula is C17H16N2O4.